The van der Waals surface area contributed by atoms with Crippen LogP contribution in [0.1, 0.15) is 61.4 Å². The van der Waals surface area contributed by atoms with Gasteiger partial charge in [-0.25, -0.2) is 4.79 Å². The number of carbonyl (C=O) groups is 1. The van der Waals surface area contributed by atoms with Gasteiger partial charge in [-0.15, -0.1) is 0 Å². The molecule has 2 aromatic carbocycles. The number of hydrogen-bond acceptors (Lipinski definition) is 3. The first kappa shape index (κ1) is 24.5. The molecule has 0 spiro atoms. The molecule has 3 aliphatic rings. The number of benzene rings is 2. The van der Waals surface area contributed by atoms with Crippen LogP contribution in [0.3, 0.4) is 0 Å². The maximum atomic E-state index is 12.9. The second-order valence-electron chi connectivity index (χ2n) is 11.2. The Hall–Kier alpha value is -2.83. The van der Waals surface area contributed by atoms with E-state index in [0.717, 1.165) is 44.9 Å². The van der Waals surface area contributed by atoms with Crippen LogP contribution < -0.4 is 5.32 Å². The Morgan fingerprint density at radius 2 is 1.89 bits per heavy atom. The highest BCUT2D eigenvalue weighted by Crippen LogP contribution is 2.46. The summed E-state index contributed by atoms with van der Waals surface area (Å²) in [6.45, 7) is 8.90. The minimum absolute atomic E-state index is 0.0778. The molecule has 0 unspecified atom stereocenters. The number of aromatic amines is 1. The fourth-order valence-corrected chi connectivity index (χ4v) is 6.65. The molecule has 2 N–H and O–H groups in total. The van der Waals surface area contributed by atoms with Gasteiger partial charge in [-0.3, -0.25) is 4.90 Å². The second kappa shape index (κ2) is 10.5. The number of nitrogens with zero attached hydrogens (tertiary/aromatic N) is 2. The van der Waals surface area contributed by atoms with E-state index in [2.05, 4.69) is 71.5 Å². The number of rotatable bonds is 9. The van der Waals surface area contributed by atoms with E-state index >= 15 is 0 Å². The van der Waals surface area contributed by atoms with E-state index in [9.17, 15) is 4.79 Å². The molecule has 2 amide bonds. The number of hydrogen-bond donors (Lipinski definition) is 2. The number of carbonyl (C=O) groups excluding carboxylic acids is 1. The molecule has 2 aliphatic carbocycles. The minimum Gasteiger partial charge on any atom is -0.371 e. The largest absolute Gasteiger partial charge is 0.371 e. The summed E-state index contributed by atoms with van der Waals surface area (Å²) < 4.78 is 6.19. The third-order valence-corrected chi connectivity index (χ3v) is 8.71. The number of likely N-dealkylation sites (tertiary alicyclic amines) is 1. The molecule has 1 saturated carbocycles. The topological polar surface area (TPSA) is 60.6 Å². The average Bonchev–Trinajstić information content (AvgIpc) is 3.66. The smallest absolute Gasteiger partial charge is 0.317 e. The van der Waals surface area contributed by atoms with Crippen LogP contribution in [0.2, 0.25) is 0 Å². The van der Waals surface area contributed by atoms with Gasteiger partial charge in [0.05, 0.1) is 13.2 Å². The highest BCUT2D eigenvalue weighted by Gasteiger charge is 2.43. The summed E-state index contributed by atoms with van der Waals surface area (Å²) in [5.41, 5.74) is 6.52. The van der Waals surface area contributed by atoms with Crippen LogP contribution in [0.25, 0.3) is 10.9 Å². The molecule has 3 aromatic rings. The van der Waals surface area contributed by atoms with Crippen molar-refractivity contribution in [1.29, 1.82) is 0 Å². The fraction of sp³-hybridized carbons (Fsp3) is 0.516. The van der Waals surface area contributed by atoms with Crippen LogP contribution in [0.4, 0.5) is 4.79 Å². The van der Waals surface area contributed by atoms with Gasteiger partial charge in [0.25, 0.3) is 0 Å². The number of fused-ring (bicyclic) bond motifs is 2. The molecule has 3 atom stereocenters. The van der Waals surface area contributed by atoms with Crippen LogP contribution >= 0.6 is 0 Å². The van der Waals surface area contributed by atoms with Crippen molar-refractivity contribution >= 4 is 16.9 Å². The van der Waals surface area contributed by atoms with Crippen LogP contribution in [0.15, 0.2) is 48.5 Å². The lowest BCUT2D eigenvalue weighted by Gasteiger charge is -2.47. The molecule has 0 radical (unpaired) electrons. The quantitative estimate of drug-likeness (QED) is 0.412. The number of piperidine rings is 1. The number of nitrogens with one attached hydrogen (secondary N) is 2. The van der Waals surface area contributed by atoms with Crippen LogP contribution in [0, 0.1) is 5.92 Å². The van der Waals surface area contributed by atoms with E-state index < -0.39 is 0 Å². The van der Waals surface area contributed by atoms with Crippen LogP contribution in [0.5, 0.6) is 0 Å². The predicted octanol–water partition coefficient (Wildman–Crippen LogP) is 5.43. The van der Waals surface area contributed by atoms with E-state index in [4.69, 9.17) is 4.74 Å². The molecule has 6 heteroatoms. The Morgan fingerprint density at radius 1 is 1.08 bits per heavy atom. The highest BCUT2D eigenvalue weighted by molar-refractivity contribution is 5.89. The van der Waals surface area contributed by atoms with E-state index in [0.29, 0.717) is 25.2 Å². The van der Waals surface area contributed by atoms with E-state index in [1.54, 1.807) is 0 Å². The Balaban J connectivity index is 1.26. The normalized spacial score (nSPS) is 23.1. The standard InChI is InChI=1S/C31H40N4O2/c1-3-34(4-2)31(36)32-23-15-25-24-11-8-12-27-30(24)26(16-29(25)35(18-23)17-21-13-14-21)28(33-27)20-37-19-22-9-6-5-7-10-22/h5-12,21,23,25,29,33H,3-4,13-20H2,1-2H3,(H,32,36)/t23-,25+,29+/m0/s1. The van der Waals surface area contributed by atoms with Gasteiger partial charge in [-0.05, 0) is 68.2 Å². The number of urea groups is 1. The third-order valence-electron chi connectivity index (χ3n) is 8.71. The maximum absolute atomic E-state index is 12.9. The van der Waals surface area contributed by atoms with Crippen molar-refractivity contribution in [3.05, 3.63) is 70.9 Å². The predicted molar refractivity (Wildman–Crippen MR) is 148 cm³/mol. The Morgan fingerprint density at radius 3 is 2.65 bits per heavy atom. The van der Waals surface area contributed by atoms with E-state index in [1.165, 1.54) is 46.1 Å². The van der Waals surface area contributed by atoms with Crippen LogP contribution in [-0.2, 0) is 24.4 Å². The molecule has 196 valence electrons. The average molecular weight is 501 g/mol. The SMILES string of the molecule is CCN(CC)C(=O)N[C@H]1C[C@@H]2c3cccc4[nH]c(COCc5ccccc5)c(c34)C[C@H]2N(CC2CC2)C1. The maximum Gasteiger partial charge on any atom is 0.317 e. The summed E-state index contributed by atoms with van der Waals surface area (Å²) in [7, 11) is 0. The van der Waals surface area contributed by atoms with Crippen molar-refractivity contribution in [3.63, 3.8) is 0 Å². The zero-order chi connectivity index (χ0) is 25.4. The second-order valence-corrected chi connectivity index (χ2v) is 11.2. The molecule has 0 bridgehead atoms. The first-order valence-corrected chi connectivity index (χ1v) is 14.2. The summed E-state index contributed by atoms with van der Waals surface area (Å²) in [6.07, 6.45) is 4.74. The first-order chi connectivity index (χ1) is 18.1. The molecule has 1 saturated heterocycles. The fourth-order valence-electron chi connectivity index (χ4n) is 6.65. The number of aromatic nitrogens is 1. The summed E-state index contributed by atoms with van der Waals surface area (Å²) in [4.78, 5) is 21.3. The summed E-state index contributed by atoms with van der Waals surface area (Å²) in [5.74, 6) is 1.24. The van der Waals surface area contributed by atoms with Crippen LogP contribution in [-0.4, -0.2) is 59.1 Å². The monoisotopic (exact) mass is 500 g/mol. The Kier molecular flexibility index (Phi) is 6.96. The Bertz CT molecular complexity index is 1230. The van der Waals surface area contributed by atoms with Gasteiger partial charge >= 0.3 is 6.03 Å². The first-order valence-electron chi connectivity index (χ1n) is 14.2. The number of ether oxygens (including phenoxy) is 1. The molecule has 2 fully saturated rings. The van der Waals surface area contributed by atoms with Gasteiger partial charge in [0, 0.05) is 60.8 Å². The van der Waals surface area contributed by atoms with Gasteiger partial charge in [-0.1, -0.05) is 42.5 Å². The summed E-state index contributed by atoms with van der Waals surface area (Å²) in [6, 6.07) is 17.9. The van der Waals surface area contributed by atoms with Gasteiger partial charge in [0.2, 0.25) is 0 Å². The van der Waals surface area contributed by atoms with Gasteiger partial charge < -0.3 is 19.9 Å². The van der Waals surface area contributed by atoms with Crippen molar-refractivity contribution < 1.29 is 9.53 Å². The van der Waals surface area contributed by atoms with E-state index in [1.807, 2.05) is 11.0 Å². The molecule has 6 rings (SSSR count). The lowest BCUT2D eigenvalue weighted by Crippen LogP contribution is -2.58. The lowest BCUT2D eigenvalue weighted by molar-refractivity contribution is 0.0900. The molecule has 1 aromatic heterocycles. The lowest BCUT2D eigenvalue weighted by atomic mass is 9.73. The van der Waals surface area contributed by atoms with Crippen molar-refractivity contribution in [2.45, 2.75) is 70.7 Å². The number of amides is 2. The summed E-state index contributed by atoms with van der Waals surface area (Å²) in [5, 5.41) is 4.79. The van der Waals surface area contributed by atoms with Crippen molar-refractivity contribution in [3.8, 4) is 0 Å². The Labute approximate surface area is 220 Å². The van der Waals surface area contributed by atoms with Crippen molar-refractivity contribution in [2.75, 3.05) is 26.2 Å². The molecule has 2 heterocycles. The summed E-state index contributed by atoms with van der Waals surface area (Å²) >= 11 is 0. The molecule has 6 nitrogen and oxygen atoms in total. The van der Waals surface area contributed by atoms with Gasteiger partial charge in [-0.2, -0.15) is 0 Å². The number of H-pyrrole nitrogens is 1. The minimum atomic E-state index is 0.0778. The molecular weight excluding hydrogens is 460 g/mol. The molecule has 1 aliphatic heterocycles. The zero-order valence-corrected chi connectivity index (χ0v) is 22.2. The van der Waals surface area contributed by atoms with E-state index in [-0.39, 0.29) is 12.1 Å². The molecular formula is C31H40N4O2. The molecule has 37 heavy (non-hydrogen) atoms. The zero-order valence-electron chi connectivity index (χ0n) is 22.2. The highest BCUT2D eigenvalue weighted by atomic mass is 16.5. The van der Waals surface area contributed by atoms with Gasteiger partial charge in [0.15, 0.2) is 0 Å². The third kappa shape index (κ3) is 5.01. The van der Waals surface area contributed by atoms with Crippen molar-refractivity contribution in [2.24, 2.45) is 5.92 Å². The van der Waals surface area contributed by atoms with Crippen molar-refractivity contribution in [1.82, 2.24) is 20.1 Å². The van der Waals surface area contributed by atoms with Gasteiger partial charge in [0.1, 0.15) is 0 Å².